The Morgan fingerprint density at radius 2 is 2.15 bits per heavy atom. The lowest BCUT2D eigenvalue weighted by atomic mass is 10.1. The molecule has 0 aliphatic carbocycles. The maximum atomic E-state index is 13.7. The first-order valence-electron chi connectivity index (χ1n) is 5.90. The van der Waals surface area contributed by atoms with Crippen molar-refractivity contribution in [2.75, 3.05) is 11.6 Å². The van der Waals surface area contributed by atoms with E-state index in [1.54, 1.807) is 12.1 Å². The highest BCUT2D eigenvalue weighted by atomic mass is 79.9. The molecule has 0 saturated carbocycles. The van der Waals surface area contributed by atoms with Gasteiger partial charge in [0.15, 0.2) is 0 Å². The van der Waals surface area contributed by atoms with Gasteiger partial charge in [0.25, 0.3) is 0 Å². The second-order valence-electron chi connectivity index (χ2n) is 4.08. The van der Waals surface area contributed by atoms with Crippen LogP contribution in [0, 0.1) is 17.1 Å². The van der Waals surface area contributed by atoms with E-state index in [1.165, 1.54) is 17.8 Å². The zero-order chi connectivity index (χ0) is 14.5. The number of nitriles is 1. The molecule has 2 nitrogen and oxygen atoms in total. The van der Waals surface area contributed by atoms with Gasteiger partial charge in [-0.25, -0.2) is 4.39 Å². The zero-order valence-corrected chi connectivity index (χ0v) is 13.2. The Morgan fingerprint density at radius 1 is 1.35 bits per heavy atom. The molecule has 0 saturated heterocycles. The maximum Gasteiger partial charge on any atom is 0.128 e. The largest absolute Gasteiger partial charge is 0.380 e. The molecule has 0 unspecified atom stereocenters. The summed E-state index contributed by atoms with van der Waals surface area (Å²) in [5.74, 6) is -0.264. The number of rotatable bonds is 4. The molecule has 0 aliphatic heterocycles. The molecular formula is C15H12BrFN2S. The molecule has 0 bridgehead atoms. The SMILES string of the molecule is CSc1cccc(NCc2cc(Br)ccc2F)c1C#N. The molecule has 5 heteroatoms. The van der Waals surface area contributed by atoms with Crippen LogP contribution in [0.3, 0.4) is 0 Å². The molecule has 20 heavy (non-hydrogen) atoms. The molecule has 0 aliphatic rings. The summed E-state index contributed by atoms with van der Waals surface area (Å²) in [5, 5.41) is 12.4. The minimum atomic E-state index is -0.264. The first kappa shape index (κ1) is 14.9. The lowest BCUT2D eigenvalue weighted by Gasteiger charge is -2.11. The summed E-state index contributed by atoms with van der Waals surface area (Å²) < 4.78 is 14.5. The fraction of sp³-hybridized carbons (Fsp3) is 0.133. The van der Waals surface area contributed by atoms with E-state index < -0.39 is 0 Å². The van der Waals surface area contributed by atoms with E-state index in [1.807, 2.05) is 24.5 Å². The molecule has 102 valence electrons. The molecule has 0 radical (unpaired) electrons. The summed E-state index contributed by atoms with van der Waals surface area (Å²) in [6, 6.07) is 12.6. The Labute approximate surface area is 130 Å². The van der Waals surface area contributed by atoms with Gasteiger partial charge in [0, 0.05) is 21.5 Å². The average Bonchev–Trinajstić information content (AvgIpc) is 2.47. The topological polar surface area (TPSA) is 35.8 Å². The van der Waals surface area contributed by atoms with Crippen LogP contribution < -0.4 is 5.32 Å². The monoisotopic (exact) mass is 350 g/mol. The van der Waals surface area contributed by atoms with Crippen LogP contribution in [0.2, 0.25) is 0 Å². The first-order chi connectivity index (χ1) is 9.65. The van der Waals surface area contributed by atoms with Crippen LogP contribution in [0.15, 0.2) is 45.8 Å². The van der Waals surface area contributed by atoms with Gasteiger partial charge in [-0.3, -0.25) is 0 Å². The van der Waals surface area contributed by atoms with Crippen molar-refractivity contribution in [1.82, 2.24) is 0 Å². The zero-order valence-electron chi connectivity index (χ0n) is 10.8. The molecule has 0 aromatic heterocycles. The highest BCUT2D eigenvalue weighted by molar-refractivity contribution is 9.10. The quantitative estimate of drug-likeness (QED) is 0.805. The number of hydrogen-bond acceptors (Lipinski definition) is 3. The third kappa shape index (κ3) is 3.33. The Balaban J connectivity index is 2.23. The second-order valence-corrected chi connectivity index (χ2v) is 5.85. The summed E-state index contributed by atoms with van der Waals surface area (Å²) in [7, 11) is 0. The highest BCUT2D eigenvalue weighted by Crippen LogP contribution is 2.27. The number of nitrogens with one attached hydrogen (secondary N) is 1. The van der Waals surface area contributed by atoms with Gasteiger partial charge in [-0.1, -0.05) is 22.0 Å². The van der Waals surface area contributed by atoms with Crippen LogP contribution in [-0.4, -0.2) is 6.26 Å². The van der Waals surface area contributed by atoms with E-state index in [-0.39, 0.29) is 5.82 Å². The fourth-order valence-electron chi connectivity index (χ4n) is 1.83. The molecule has 0 fully saturated rings. The molecule has 1 N–H and O–H groups in total. The standard InChI is InChI=1S/C15H12BrFN2S/c1-20-15-4-2-3-14(12(15)8-18)19-9-10-7-11(16)5-6-13(10)17/h2-7,19H,9H2,1H3. The predicted octanol–water partition coefficient (Wildman–Crippen LogP) is 4.79. The summed E-state index contributed by atoms with van der Waals surface area (Å²) in [6.07, 6.45) is 1.92. The highest BCUT2D eigenvalue weighted by Gasteiger charge is 2.08. The average molecular weight is 351 g/mol. The number of halogens is 2. The van der Waals surface area contributed by atoms with Crippen molar-refractivity contribution >= 4 is 33.4 Å². The van der Waals surface area contributed by atoms with Crippen molar-refractivity contribution in [2.24, 2.45) is 0 Å². The summed E-state index contributed by atoms with van der Waals surface area (Å²) in [5.41, 5.74) is 1.87. The summed E-state index contributed by atoms with van der Waals surface area (Å²) >= 11 is 4.84. The Morgan fingerprint density at radius 3 is 2.85 bits per heavy atom. The van der Waals surface area contributed by atoms with Crippen LogP contribution in [0.1, 0.15) is 11.1 Å². The molecule has 0 spiro atoms. The van der Waals surface area contributed by atoms with Crippen LogP contribution in [0.5, 0.6) is 0 Å². The third-order valence-electron chi connectivity index (χ3n) is 2.83. The third-order valence-corrected chi connectivity index (χ3v) is 4.11. The van der Waals surface area contributed by atoms with Crippen LogP contribution in [-0.2, 0) is 6.54 Å². The normalized spacial score (nSPS) is 10.1. The molecule has 2 aromatic rings. The van der Waals surface area contributed by atoms with Gasteiger partial charge in [-0.05, 0) is 36.6 Å². The summed E-state index contributed by atoms with van der Waals surface area (Å²) in [4.78, 5) is 0.909. The van der Waals surface area contributed by atoms with E-state index in [4.69, 9.17) is 0 Å². The smallest absolute Gasteiger partial charge is 0.128 e. The van der Waals surface area contributed by atoms with Gasteiger partial charge in [0.1, 0.15) is 11.9 Å². The van der Waals surface area contributed by atoms with Crippen LogP contribution in [0.25, 0.3) is 0 Å². The van der Waals surface area contributed by atoms with Crippen LogP contribution >= 0.6 is 27.7 Å². The van der Waals surface area contributed by atoms with E-state index in [2.05, 4.69) is 27.3 Å². The Bertz CT molecular complexity index is 667. The van der Waals surface area contributed by atoms with Crippen LogP contribution in [0.4, 0.5) is 10.1 Å². The Hall–Kier alpha value is -1.51. The van der Waals surface area contributed by atoms with E-state index >= 15 is 0 Å². The molecule has 0 amide bonds. The second kappa shape index (κ2) is 6.78. The number of hydrogen-bond donors (Lipinski definition) is 1. The van der Waals surface area contributed by atoms with E-state index in [0.717, 1.165) is 15.1 Å². The van der Waals surface area contributed by atoms with E-state index in [0.29, 0.717) is 17.7 Å². The minimum absolute atomic E-state index is 0.264. The number of thioether (sulfide) groups is 1. The van der Waals surface area contributed by atoms with Gasteiger partial charge in [0.2, 0.25) is 0 Å². The minimum Gasteiger partial charge on any atom is -0.380 e. The molecule has 0 atom stereocenters. The van der Waals surface area contributed by atoms with E-state index in [9.17, 15) is 9.65 Å². The van der Waals surface area contributed by atoms with Crippen molar-refractivity contribution in [2.45, 2.75) is 11.4 Å². The lowest BCUT2D eigenvalue weighted by molar-refractivity contribution is 0.612. The van der Waals surface area contributed by atoms with Crippen molar-refractivity contribution < 1.29 is 4.39 Å². The Kier molecular flexibility index (Phi) is 5.05. The van der Waals surface area contributed by atoms with Crippen molar-refractivity contribution in [3.63, 3.8) is 0 Å². The van der Waals surface area contributed by atoms with Gasteiger partial charge < -0.3 is 5.32 Å². The van der Waals surface area contributed by atoms with Crippen molar-refractivity contribution in [1.29, 1.82) is 5.26 Å². The maximum absolute atomic E-state index is 13.7. The molecule has 0 heterocycles. The van der Waals surface area contributed by atoms with Gasteiger partial charge in [-0.2, -0.15) is 5.26 Å². The fourth-order valence-corrected chi connectivity index (χ4v) is 2.82. The molecule has 2 aromatic carbocycles. The molecule has 2 rings (SSSR count). The number of nitrogens with zero attached hydrogens (tertiary/aromatic N) is 1. The van der Waals surface area contributed by atoms with Gasteiger partial charge in [0.05, 0.1) is 11.3 Å². The number of anilines is 1. The van der Waals surface area contributed by atoms with Crippen molar-refractivity contribution in [3.8, 4) is 6.07 Å². The van der Waals surface area contributed by atoms with Crippen molar-refractivity contribution in [3.05, 3.63) is 57.8 Å². The first-order valence-corrected chi connectivity index (χ1v) is 7.92. The van der Waals surface area contributed by atoms with Gasteiger partial charge >= 0.3 is 0 Å². The molecular weight excluding hydrogens is 339 g/mol. The predicted molar refractivity (Wildman–Crippen MR) is 84.4 cm³/mol. The number of benzene rings is 2. The van der Waals surface area contributed by atoms with Gasteiger partial charge in [-0.15, -0.1) is 11.8 Å². The lowest BCUT2D eigenvalue weighted by Crippen LogP contribution is -2.04. The summed E-state index contributed by atoms with van der Waals surface area (Å²) in [6.45, 7) is 0.331.